The summed E-state index contributed by atoms with van der Waals surface area (Å²) in [5, 5.41) is 0.916. The Labute approximate surface area is 88.1 Å². The molecule has 0 spiro atoms. The molecule has 1 aromatic heterocycles. The molecular formula is C9H14N4S. The molecule has 0 aliphatic rings. The lowest BCUT2D eigenvalue weighted by molar-refractivity contribution is 1.11. The monoisotopic (exact) mass is 210 g/mol. The average molecular weight is 210 g/mol. The van der Waals surface area contributed by atoms with Crippen molar-refractivity contribution >= 4 is 22.6 Å². The van der Waals surface area contributed by atoms with Crippen molar-refractivity contribution in [1.29, 1.82) is 0 Å². The highest BCUT2D eigenvalue weighted by molar-refractivity contribution is 8.14. The molecule has 2 N–H and O–H groups in total. The number of anilines is 1. The molecule has 1 aromatic rings. The molecule has 0 amide bonds. The number of nitrogens with zero attached hydrogens (tertiary/aromatic N) is 3. The Hall–Kier alpha value is -1.10. The Kier molecular flexibility index (Phi) is 4.39. The summed E-state index contributed by atoms with van der Waals surface area (Å²) in [4.78, 5) is 12.3. The van der Waals surface area contributed by atoms with Crippen LogP contribution in [-0.4, -0.2) is 27.8 Å². The average Bonchev–Trinajstić information content (AvgIpc) is 2.21. The van der Waals surface area contributed by atoms with Gasteiger partial charge in [-0.2, -0.15) is 0 Å². The second-order valence-corrected chi connectivity index (χ2v) is 3.79. The summed E-state index contributed by atoms with van der Waals surface area (Å²) < 4.78 is 0. The number of aliphatic imine (C=N–C) groups is 1. The number of rotatable bonds is 3. The second kappa shape index (κ2) is 5.59. The number of nitrogens with two attached hydrogens (primary N) is 1. The molecule has 0 aliphatic carbocycles. The van der Waals surface area contributed by atoms with Gasteiger partial charge in [-0.05, 0) is 12.2 Å². The van der Waals surface area contributed by atoms with Gasteiger partial charge in [0, 0.05) is 7.05 Å². The lowest BCUT2D eigenvalue weighted by Crippen LogP contribution is -2.02. The van der Waals surface area contributed by atoms with E-state index in [2.05, 4.69) is 21.9 Å². The molecule has 1 rings (SSSR count). The van der Waals surface area contributed by atoms with Gasteiger partial charge in [0.1, 0.15) is 16.6 Å². The highest BCUT2D eigenvalue weighted by Gasteiger charge is 2.04. The molecule has 14 heavy (non-hydrogen) atoms. The minimum atomic E-state index is 0.435. The minimum absolute atomic E-state index is 0.435. The van der Waals surface area contributed by atoms with Crippen molar-refractivity contribution < 1.29 is 0 Å². The first-order valence-electron chi connectivity index (χ1n) is 4.45. The van der Waals surface area contributed by atoms with E-state index in [9.17, 15) is 0 Å². The summed E-state index contributed by atoms with van der Waals surface area (Å²) in [6, 6.07) is 0. The fourth-order valence-electron chi connectivity index (χ4n) is 0.900. The van der Waals surface area contributed by atoms with Crippen molar-refractivity contribution in [2.75, 3.05) is 18.5 Å². The fourth-order valence-corrected chi connectivity index (χ4v) is 1.68. The Bertz CT molecular complexity index is 307. The van der Waals surface area contributed by atoms with Crippen molar-refractivity contribution in [3.63, 3.8) is 0 Å². The number of nitrogen functional groups attached to an aromatic ring is 1. The first kappa shape index (κ1) is 11.0. The molecule has 5 heteroatoms. The Morgan fingerprint density at radius 2 is 2.29 bits per heavy atom. The van der Waals surface area contributed by atoms with E-state index in [4.69, 9.17) is 5.73 Å². The summed E-state index contributed by atoms with van der Waals surface area (Å²) in [7, 11) is 1.76. The molecule has 0 saturated heterocycles. The van der Waals surface area contributed by atoms with E-state index < -0.39 is 0 Å². The maximum atomic E-state index is 5.45. The number of aromatic nitrogens is 2. The van der Waals surface area contributed by atoms with Gasteiger partial charge in [-0.15, -0.1) is 11.8 Å². The third-order valence-electron chi connectivity index (χ3n) is 1.54. The van der Waals surface area contributed by atoms with Gasteiger partial charge in [0.2, 0.25) is 0 Å². The third kappa shape index (κ3) is 2.99. The molecule has 76 valence electrons. The molecule has 0 aromatic carbocycles. The van der Waals surface area contributed by atoms with E-state index in [0.717, 1.165) is 22.9 Å². The zero-order valence-corrected chi connectivity index (χ0v) is 9.21. The largest absolute Gasteiger partial charge is 0.382 e. The predicted molar refractivity (Wildman–Crippen MR) is 61.7 cm³/mol. The van der Waals surface area contributed by atoms with Crippen LogP contribution < -0.4 is 5.73 Å². The number of hydrogen-bond donors (Lipinski definition) is 1. The van der Waals surface area contributed by atoms with Gasteiger partial charge in [-0.25, -0.2) is 9.97 Å². The van der Waals surface area contributed by atoms with Crippen molar-refractivity contribution in [3.8, 4) is 0 Å². The fraction of sp³-hybridized carbons (Fsp3) is 0.444. The van der Waals surface area contributed by atoms with Gasteiger partial charge >= 0.3 is 0 Å². The molecular weight excluding hydrogens is 196 g/mol. The SMILES string of the molecule is CCCSC(=NC)c1cnc(N)cn1. The van der Waals surface area contributed by atoms with Crippen LogP contribution >= 0.6 is 11.8 Å². The normalized spacial score (nSPS) is 11.7. The van der Waals surface area contributed by atoms with Crippen LogP contribution in [-0.2, 0) is 0 Å². The van der Waals surface area contributed by atoms with Gasteiger partial charge in [0.25, 0.3) is 0 Å². The Balaban J connectivity index is 2.75. The van der Waals surface area contributed by atoms with Crippen molar-refractivity contribution in [2.45, 2.75) is 13.3 Å². The lowest BCUT2D eigenvalue weighted by Gasteiger charge is -2.02. The van der Waals surface area contributed by atoms with Gasteiger partial charge in [0.05, 0.1) is 12.4 Å². The summed E-state index contributed by atoms with van der Waals surface area (Å²) in [6.45, 7) is 2.13. The molecule has 0 atom stereocenters. The van der Waals surface area contributed by atoms with Gasteiger partial charge in [-0.3, -0.25) is 4.99 Å². The highest BCUT2D eigenvalue weighted by atomic mass is 32.2. The van der Waals surface area contributed by atoms with E-state index in [1.165, 1.54) is 0 Å². The quantitative estimate of drug-likeness (QED) is 0.607. The van der Waals surface area contributed by atoms with Crippen LogP contribution in [0.4, 0.5) is 5.82 Å². The molecule has 1 heterocycles. The zero-order valence-electron chi connectivity index (χ0n) is 8.40. The smallest absolute Gasteiger partial charge is 0.141 e. The number of hydrogen-bond acceptors (Lipinski definition) is 5. The maximum absolute atomic E-state index is 5.45. The first-order chi connectivity index (χ1) is 6.77. The molecule has 0 fully saturated rings. The van der Waals surface area contributed by atoms with Crippen molar-refractivity contribution in [1.82, 2.24) is 9.97 Å². The summed E-state index contributed by atoms with van der Waals surface area (Å²) >= 11 is 1.69. The predicted octanol–water partition coefficient (Wildman–Crippen LogP) is 1.58. The Morgan fingerprint density at radius 1 is 1.50 bits per heavy atom. The molecule has 0 bridgehead atoms. The van der Waals surface area contributed by atoms with Crippen LogP contribution in [0.1, 0.15) is 19.0 Å². The van der Waals surface area contributed by atoms with Crippen molar-refractivity contribution in [3.05, 3.63) is 18.1 Å². The van der Waals surface area contributed by atoms with Gasteiger partial charge in [-0.1, -0.05) is 6.92 Å². The topological polar surface area (TPSA) is 64.2 Å². The van der Waals surface area contributed by atoms with E-state index in [-0.39, 0.29) is 0 Å². The molecule has 4 nitrogen and oxygen atoms in total. The van der Waals surface area contributed by atoms with Crippen LogP contribution in [0.2, 0.25) is 0 Å². The van der Waals surface area contributed by atoms with Crippen LogP contribution in [0, 0.1) is 0 Å². The van der Waals surface area contributed by atoms with Crippen LogP contribution in [0.5, 0.6) is 0 Å². The second-order valence-electron chi connectivity index (χ2n) is 2.70. The van der Waals surface area contributed by atoms with Gasteiger partial charge in [0.15, 0.2) is 0 Å². The number of thioether (sulfide) groups is 1. The zero-order chi connectivity index (χ0) is 10.4. The minimum Gasteiger partial charge on any atom is -0.382 e. The molecule has 0 aliphatic heterocycles. The van der Waals surface area contributed by atoms with Gasteiger partial charge < -0.3 is 5.73 Å². The van der Waals surface area contributed by atoms with E-state index >= 15 is 0 Å². The van der Waals surface area contributed by atoms with Crippen molar-refractivity contribution in [2.24, 2.45) is 4.99 Å². The Morgan fingerprint density at radius 3 is 2.79 bits per heavy atom. The van der Waals surface area contributed by atoms with E-state index in [1.807, 2.05) is 0 Å². The summed E-state index contributed by atoms with van der Waals surface area (Å²) in [6.07, 6.45) is 4.32. The highest BCUT2D eigenvalue weighted by Crippen LogP contribution is 2.12. The first-order valence-corrected chi connectivity index (χ1v) is 5.44. The van der Waals surface area contributed by atoms with E-state index in [1.54, 1.807) is 31.2 Å². The van der Waals surface area contributed by atoms with Crippen LogP contribution in [0.3, 0.4) is 0 Å². The summed E-state index contributed by atoms with van der Waals surface area (Å²) in [5.74, 6) is 1.48. The third-order valence-corrected chi connectivity index (χ3v) is 2.81. The maximum Gasteiger partial charge on any atom is 0.141 e. The molecule has 0 radical (unpaired) electrons. The summed E-state index contributed by atoms with van der Waals surface area (Å²) in [5.41, 5.74) is 6.24. The lowest BCUT2D eigenvalue weighted by atomic mass is 10.5. The molecule has 0 saturated carbocycles. The molecule has 0 unspecified atom stereocenters. The standard InChI is InChI=1S/C9H14N4S/c1-3-4-14-9(11-2)7-5-13-8(10)6-12-7/h5-6H,3-4H2,1-2H3,(H2,10,13). The van der Waals surface area contributed by atoms with E-state index in [0.29, 0.717) is 5.82 Å². The van der Waals surface area contributed by atoms with Crippen LogP contribution in [0.25, 0.3) is 0 Å². The van der Waals surface area contributed by atoms with Crippen LogP contribution in [0.15, 0.2) is 17.4 Å².